The molecule has 1 N–H and O–H groups in total. The monoisotopic (exact) mass is 362 g/mol. The Labute approximate surface area is 153 Å². The van der Waals surface area contributed by atoms with Gasteiger partial charge < -0.3 is 19.3 Å². The number of carbonyl (C=O) groups is 2. The second-order valence-corrected chi connectivity index (χ2v) is 7.73. The average molecular weight is 362 g/mol. The molecule has 2 saturated heterocycles. The molecule has 0 unspecified atom stereocenters. The Balaban J connectivity index is 2.03. The van der Waals surface area contributed by atoms with Crippen LogP contribution in [0.4, 0.5) is 0 Å². The maximum atomic E-state index is 12.4. The molecular formula is C20H26O6. The van der Waals surface area contributed by atoms with Crippen LogP contribution in [0.3, 0.4) is 0 Å². The van der Waals surface area contributed by atoms with Crippen molar-refractivity contribution in [1.29, 1.82) is 0 Å². The summed E-state index contributed by atoms with van der Waals surface area (Å²) in [6.07, 6.45) is 3.48. The van der Waals surface area contributed by atoms with E-state index in [0.717, 1.165) is 0 Å². The third-order valence-electron chi connectivity index (χ3n) is 5.75. The van der Waals surface area contributed by atoms with Crippen LogP contribution in [0.1, 0.15) is 47.0 Å². The third-order valence-corrected chi connectivity index (χ3v) is 5.75. The van der Waals surface area contributed by atoms with Crippen LogP contribution in [0.25, 0.3) is 0 Å². The number of fused-ring (bicyclic) bond motifs is 3. The molecule has 142 valence electrons. The minimum Gasteiger partial charge on any atom is -0.458 e. The van der Waals surface area contributed by atoms with E-state index in [9.17, 15) is 14.7 Å². The van der Waals surface area contributed by atoms with Crippen LogP contribution in [-0.4, -0.2) is 40.6 Å². The molecule has 0 aromatic carbocycles. The zero-order valence-electron chi connectivity index (χ0n) is 15.7. The van der Waals surface area contributed by atoms with Crippen LogP contribution in [0.2, 0.25) is 0 Å². The van der Waals surface area contributed by atoms with E-state index < -0.39 is 41.5 Å². The molecule has 0 spiro atoms. The maximum absolute atomic E-state index is 12.4. The molecular weight excluding hydrogens is 336 g/mol. The average Bonchev–Trinajstić information content (AvgIpc) is 3.03. The van der Waals surface area contributed by atoms with Crippen molar-refractivity contribution in [3.05, 3.63) is 35.5 Å². The third kappa shape index (κ3) is 3.12. The SMILES string of the molecule is C=C1C(=O)O[C@H]2/C=C(\C)[C@]3(O)CC[C@](C)(C[C@@H](OC(=O)/C(C)=C/C)[C@@H]12)O3. The molecule has 3 rings (SSSR count). The van der Waals surface area contributed by atoms with Gasteiger partial charge in [-0.3, -0.25) is 0 Å². The van der Waals surface area contributed by atoms with E-state index in [1.165, 1.54) is 0 Å². The number of hydrogen-bond acceptors (Lipinski definition) is 6. The molecule has 2 fully saturated rings. The Morgan fingerprint density at radius 3 is 2.81 bits per heavy atom. The van der Waals surface area contributed by atoms with Crippen molar-refractivity contribution in [2.24, 2.45) is 5.92 Å². The van der Waals surface area contributed by atoms with Gasteiger partial charge in [-0.15, -0.1) is 0 Å². The lowest BCUT2D eigenvalue weighted by Gasteiger charge is -2.33. The van der Waals surface area contributed by atoms with Crippen molar-refractivity contribution in [3.63, 3.8) is 0 Å². The fourth-order valence-electron chi connectivity index (χ4n) is 3.94. The highest BCUT2D eigenvalue weighted by Crippen LogP contribution is 2.47. The van der Waals surface area contributed by atoms with Crippen molar-refractivity contribution >= 4 is 11.9 Å². The molecule has 0 radical (unpaired) electrons. The molecule has 3 aliphatic heterocycles. The van der Waals surface area contributed by atoms with E-state index in [1.54, 1.807) is 32.9 Å². The summed E-state index contributed by atoms with van der Waals surface area (Å²) in [4.78, 5) is 24.5. The van der Waals surface area contributed by atoms with Crippen LogP contribution in [0.15, 0.2) is 35.5 Å². The first-order chi connectivity index (χ1) is 12.1. The van der Waals surface area contributed by atoms with E-state index in [4.69, 9.17) is 14.2 Å². The highest BCUT2D eigenvalue weighted by molar-refractivity contribution is 5.92. The van der Waals surface area contributed by atoms with Crippen molar-refractivity contribution in [3.8, 4) is 0 Å². The van der Waals surface area contributed by atoms with Crippen molar-refractivity contribution in [1.82, 2.24) is 0 Å². The summed E-state index contributed by atoms with van der Waals surface area (Å²) in [5.74, 6) is -2.85. The van der Waals surface area contributed by atoms with Crippen LogP contribution < -0.4 is 0 Å². The number of carbonyl (C=O) groups excluding carboxylic acids is 2. The van der Waals surface area contributed by atoms with E-state index in [-0.39, 0.29) is 5.57 Å². The van der Waals surface area contributed by atoms with Crippen LogP contribution in [0, 0.1) is 5.92 Å². The lowest BCUT2D eigenvalue weighted by Crippen LogP contribution is -2.40. The number of aliphatic hydroxyl groups is 1. The summed E-state index contributed by atoms with van der Waals surface area (Å²) in [5.41, 5.74) is 0.677. The molecule has 0 aromatic rings. The smallest absolute Gasteiger partial charge is 0.334 e. The fraction of sp³-hybridized carbons (Fsp3) is 0.600. The van der Waals surface area contributed by atoms with Gasteiger partial charge >= 0.3 is 11.9 Å². The minimum absolute atomic E-state index is 0.281. The summed E-state index contributed by atoms with van der Waals surface area (Å²) in [6, 6.07) is 0. The Kier molecular flexibility index (Phi) is 4.61. The first-order valence-corrected chi connectivity index (χ1v) is 8.94. The number of esters is 2. The van der Waals surface area contributed by atoms with Crippen LogP contribution in [-0.2, 0) is 23.8 Å². The quantitative estimate of drug-likeness (QED) is 0.462. The Bertz CT molecular complexity index is 720. The first kappa shape index (κ1) is 18.9. The topological polar surface area (TPSA) is 82.1 Å². The first-order valence-electron chi connectivity index (χ1n) is 8.94. The number of allylic oxidation sites excluding steroid dienone is 1. The van der Waals surface area contributed by atoms with E-state index in [0.29, 0.717) is 30.4 Å². The predicted octanol–water partition coefficient (Wildman–Crippen LogP) is 2.57. The van der Waals surface area contributed by atoms with E-state index in [2.05, 4.69) is 6.58 Å². The predicted molar refractivity (Wildman–Crippen MR) is 93.9 cm³/mol. The molecule has 5 atom stereocenters. The lowest BCUT2D eigenvalue weighted by atomic mass is 9.82. The Hall–Kier alpha value is -1.92. The van der Waals surface area contributed by atoms with Crippen molar-refractivity contribution < 1.29 is 28.9 Å². The number of hydrogen-bond donors (Lipinski definition) is 1. The summed E-state index contributed by atoms with van der Waals surface area (Å²) in [6.45, 7) is 10.9. The molecule has 0 amide bonds. The van der Waals surface area contributed by atoms with Gasteiger partial charge in [0.1, 0.15) is 12.2 Å². The summed E-state index contributed by atoms with van der Waals surface area (Å²) < 4.78 is 17.2. The molecule has 0 aliphatic carbocycles. The largest absolute Gasteiger partial charge is 0.458 e. The van der Waals surface area contributed by atoms with Gasteiger partial charge in [-0.25, -0.2) is 9.59 Å². The van der Waals surface area contributed by atoms with Crippen molar-refractivity contribution in [2.45, 2.75) is 70.6 Å². The number of rotatable bonds is 2. The van der Waals surface area contributed by atoms with Gasteiger partial charge in [-0.2, -0.15) is 0 Å². The van der Waals surface area contributed by atoms with Gasteiger partial charge in [0.05, 0.1) is 11.5 Å². The van der Waals surface area contributed by atoms with Crippen molar-refractivity contribution in [2.75, 3.05) is 0 Å². The summed E-state index contributed by atoms with van der Waals surface area (Å²) in [7, 11) is 0. The van der Waals surface area contributed by atoms with Gasteiger partial charge in [0.2, 0.25) is 0 Å². The second kappa shape index (κ2) is 6.35. The zero-order valence-corrected chi connectivity index (χ0v) is 15.7. The van der Waals surface area contributed by atoms with Crippen LogP contribution >= 0.6 is 0 Å². The summed E-state index contributed by atoms with van der Waals surface area (Å²) >= 11 is 0. The molecule has 0 aromatic heterocycles. The van der Waals surface area contributed by atoms with Crippen LogP contribution in [0.5, 0.6) is 0 Å². The minimum atomic E-state index is -1.40. The summed E-state index contributed by atoms with van der Waals surface area (Å²) in [5, 5.41) is 10.9. The molecule has 6 nitrogen and oxygen atoms in total. The molecule has 3 heterocycles. The van der Waals surface area contributed by atoms with Gasteiger partial charge in [0, 0.05) is 24.0 Å². The Morgan fingerprint density at radius 1 is 1.46 bits per heavy atom. The molecule has 3 aliphatic rings. The normalized spacial score (nSPS) is 42.1. The highest BCUT2D eigenvalue weighted by atomic mass is 16.6. The lowest BCUT2D eigenvalue weighted by molar-refractivity contribution is -0.202. The molecule has 0 saturated carbocycles. The van der Waals surface area contributed by atoms with Gasteiger partial charge in [-0.1, -0.05) is 12.7 Å². The number of ether oxygens (including phenoxy) is 3. The fourth-order valence-corrected chi connectivity index (χ4v) is 3.94. The molecule has 6 heteroatoms. The molecule has 26 heavy (non-hydrogen) atoms. The Morgan fingerprint density at radius 2 is 2.15 bits per heavy atom. The molecule has 2 bridgehead atoms. The second-order valence-electron chi connectivity index (χ2n) is 7.73. The highest BCUT2D eigenvalue weighted by Gasteiger charge is 2.54. The standard InChI is InChI=1S/C20H26O6/c1-6-11(2)17(21)25-15-10-19(5)7-8-20(23,26-19)12(3)9-14-16(15)13(4)18(22)24-14/h6,9,14-16,23H,4,7-8,10H2,1-3,5H3/b11-6+,12-9+/t14-,15+,16-,19+,20-/m0/s1. The zero-order chi connectivity index (χ0) is 19.3. The van der Waals surface area contributed by atoms with Gasteiger partial charge in [-0.05, 0) is 45.8 Å². The van der Waals surface area contributed by atoms with E-state index >= 15 is 0 Å². The van der Waals surface area contributed by atoms with Gasteiger partial charge in [0.25, 0.3) is 0 Å². The maximum Gasteiger partial charge on any atom is 0.334 e. The van der Waals surface area contributed by atoms with E-state index in [1.807, 2.05) is 6.92 Å². The van der Waals surface area contributed by atoms with Gasteiger partial charge in [0.15, 0.2) is 5.79 Å².